The van der Waals surface area contributed by atoms with Crippen LogP contribution >= 0.6 is 27.3 Å². The van der Waals surface area contributed by atoms with Crippen LogP contribution in [0.1, 0.15) is 29.5 Å². The number of likely N-dealkylation sites (N-methyl/N-ethyl adjacent to an activating group) is 1. The molecule has 1 aromatic rings. The van der Waals surface area contributed by atoms with Gasteiger partial charge in [0.2, 0.25) is 0 Å². The molecule has 4 heteroatoms. The normalized spacial score (nSPS) is 32.2. The van der Waals surface area contributed by atoms with Gasteiger partial charge in [0.15, 0.2) is 3.92 Å². The lowest BCUT2D eigenvalue weighted by atomic mass is 10.1. The minimum atomic E-state index is 0.664. The number of halogens is 1. The first kappa shape index (κ1) is 8.38. The van der Waals surface area contributed by atoms with E-state index >= 15 is 0 Å². The van der Waals surface area contributed by atoms with Gasteiger partial charge in [0.05, 0.1) is 5.69 Å². The van der Waals surface area contributed by atoms with Gasteiger partial charge in [-0.1, -0.05) is 0 Å². The van der Waals surface area contributed by atoms with Crippen LogP contribution in [0.15, 0.2) is 3.92 Å². The molecule has 2 bridgehead atoms. The van der Waals surface area contributed by atoms with Crippen molar-refractivity contribution in [3.8, 4) is 0 Å². The minimum Gasteiger partial charge on any atom is -0.295 e. The summed E-state index contributed by atoms with van der Waals surface area (Å²) in [7, 11) is 2.25. The zero-order chi connectivity index (χ0) is 9.00. The van der Waals surface area contributed by atoms with E-state index < -0.39 is 0 Å². The highest BCUT2D eigenvalue weighted by Gasteiger charge is 2.39. The number of aromatic nitrogens is 1. The van der Waals surface area contributed by atoms with Crippen molar-refractivity contribution in [2.75, 3.05) is 7.05 Å². The molecular weight excluding hydrogens is 248 g/mol. The molecule has 0 radical (unpaired) electrons. The largest absolute Gasteiger partial charge is 0.295 e. The minimum absolute atomic E-state index is 0.664. The molecule has 0 N–H and O–H groups in total. The van der Waals surface area contributed by atoms with Crippen LogP contribution in [0.5, 0.6) is 0 Å². The molecule has 2 aliphatic rings. The summed E-state index contributed by atoms with van der Waals surface area (Å²) in [6.07, 6.45) is 3.83. The van der Waals surface area contributed by atoms with Crippen molar-refractivity contribution < 1.29 is 0 Å². The van der Waals surface area contributed by atoms with Gasteiger partial charge >= 0.3 is 0 Å². The Bertz CT molecular complexity index is 349. The average molecular weight is 259 g/mol. The molecule has 2 atom stereocenters. The first-order valence-electron chi connectivity index (χ1n) is 4.63. The summed E-state index contributed by atoms with van der Waals surface area (Å²) in [6, 6.07) is 1.42. The Labute approximate surface area is 90.1 Å². The Morgan fingerprint density at radius 3 is 3.23 bits per heavy atom. The van der Waals surface area contributed by atoms with E-state index in [-0.39, 0.29) is 0 Å². The van der Waals surface area contributed by atoms with Crippen molar-refractivity contribution in [2.45, 2.75) is 31.3 Å². The van der Waals surface area contributed by atoms with Crippen LogP contribution in [0.3, 0.4) is 0 Å². The van der Waals surface area contributed by atoms with E-state index in [1.54, 1.807) is 0 Å². The average Bonchev–Trinajstić information content (AvgIpc) is 2.54. The molecule has 2 unspecified atom stereocenters. The Morgan fingerprint density at radius 1 is 1.54 bits per heavy atom. The zero-order valence-corrected chi connectivity index (χ0v) is 9.86. The molecule has 0 spiro atoms. The van der Waals surface area contributed by atoms with Crippen molar-refractivity contribution >= 4 is 27.3 Å². The van der Waals surface area contributed by atoms with Gasteiger partial charge in [-0.3, -0.25) is 4.90 Å². The molecule has 2 nitrogen and oxygen atoms in total. The van der Waals surface area contributed by atoms with E-state index in [1.807, 2.05) is 11.3 Å². The fraction of sp³-hybridized carbons (Fsp3) is 0.667. The second-order valence-electron chi connectivity index (χ2n) is 3.89. The molecule has 3 heterocycles. The van der Waals surface area contributed by atoms with Gasteiger partial charge in [-0.2, -0.15) is 0 Å². The zero-order valence-electron chi connectivity index (χ0n) is 7.46. The van der Waals surface area contributed by atoms with Crippen LogP contribution in [0, 0.1) is 0 Å². The third-order valence-electron chi connectivity index (χ3n) is 3.27. The third-order valence-corrected chi connectivity index (χ3v) is 4.92. The van der Waals surface area contributed by atoms with Crippen LogP contribution in [-0.4, -0.2) is 23.0 Å². The molecule has 0 aromatic carbocycles. The lowest BCUT2D eigenvalue weighted by molar-refractivity contribution is 0.226. The molecule has 1 aromatic heterocycles. The van der Waals surface area contributed by atoms with Crippen molar-refractivity contribution in [1.29, 1.82) is 0 Å². The van der Waals surface area contributed by atoms with E-state index in [2.05, 4.69) is 32.9 Å². The van der Waals surface area contributed by atoms with E-state index in [4.69, 9.17) is 0 Å². The summed E-state index contributed by atoms with van der Waals surface area (Å²) in [6.45, 7) is 0. The van der Waals surface area contributed by atoms with E-state index in [1.165, 1.54) is 23.4 Å². The lowest BCUT2D eigenvalue weighted by Gasteiger charge is -2.29. The number of hydrogen-bond donors (Lipinski definition) is 0. The van der Waals surface area contributed by atoms with Crippen LogP contribution in [0.25, 0.3) is 0 Å². The van der Waals surface area contributed by atoms with Crippen LogP contribution < -0.4 is 0 Å². The molecule has 13 heavy (non-hydrogen) atoms. The summed E-state index contributed by atoms with van der Waals surface area (Å²) < 4.78 is 1.05. The van der Waals surface area contributed by atoms with E-state index in [0.717, 1.165) is 16.4 Å². The monoisotopic (exact) mass is 258 g/mol. The number of fused-ring (bicyclic) bond motifs is 4. The molecule has 0 aliphatic carbocycles. The number of nitrogens with zero attached hydrogens (tertiary/aromatic N) is 2. The summed E-state index contributed by atoms with van der Waals surface area (Å²) in [5.74, 6) is 0. The molecule has 1 fully saturated rings. The summed E-state index contributed by atoms with van der Waals surface area (Å²) in [4.78, 5) is 8.56. The van der Waals surface area contributed by atoms with Crippen molar-refractivity contribution in [3.05, 3.63) is 14.5 Å². The smallest absolute Gasteiger partial charge is 0.159 e. The Morgan fingerprint density at radius 2 is 2.38 bits per heavy atom. The molecule has 70 valence electrons. The van der Waals surface area contributed by atoms with Gasteiger partial charge in [-0.15, -0.1) is 11.3 Å². The highest BCUT2D eigenvalue weighted by atomic mass is 79.9. The summed E-state index contributed by atoms with van der Waals surface area (Å²) in [5.41, 5.74) is 1.35. The molecule has 3 rings (SSSR count). The van der Waals surface area contributed by atoms with E-state index in [0.29, 0.717) is 6.04 Å². The summed E-state index contributed by atoms with van der Waals surface area (Å²) >= 11 is 5.29. The molecular formula is C9H11BrN2S. The van der Waals surface area contributed by atoms with Gasteiger partial charge in [0.1, 0.15) is 0 Å². The first-order chi connectivity index (χ1) is 6.25. The number of hydrogen-bond acceptors (Lipinski definition) is 3. The Kier molecular flexibility index (Phi) is 1.79. The number of rotatable bonds is 0. The lowest BCUT2D eigenvalue weighted by Crippen LogP contribution is -2.33. The van der Waals surface area contributed by atoms with Crippen LogP contribution in [0.2, 0.25) is 0 Å². The third kappa shape index (κ3) is 1.12. The maximum absolute atomic E-state index is 4.54. The molecule has 1 saturated heterocycles. The van der Waals surface area contributed by atoms with Gasteiger partial charge < -0.3 is 0 Å². The highest BCUT2D eigenvalue weighted by Crippen LogP contribution is 2.45. The standard InChI is InChI=1S/C9H11BrN2S/c1-12-5-2-3-7(12)8-6(4-5)11-9(10)13-8/h5,7H,2-4H2,1H3. The predicted molar refractivity (Wildman–Crippen MR) is 57.0 cm³/mol. The van der Waals surface area contributed by atoms with Gasteiger partial charge in [0.25, 0.3) is 0 Å². The fourth-order valence-corrected chi connectivity index (χ4v) is 4.28. The SMILES string of the molecule is CN1C2CCC1c1sc(Br)nc1C2. The maximum Gasteiger partial charge on any atom is 0.159 e. The molecule has 0 amide bonds. The van der Waals surface area contributed by atoms with Crippen LogP contribution in [0.4, 0.5) is 0 Å². The molecule has 2 aliphatic heterocycles. The van der Waals surface area contributed by atoms with Gasteiger partial charge in [-0.25, -0.2) is 4.98 Å². The maximum atomic E-state index is 4.54. The Balaban J connectivity index is 2.11. The Hall–Kier alpha value is 0.0700. The topological polar surface area (TPSA) is 16.1 Å². The van der Waals surface area contributed by atoms with E-state index in [9.17, 15) is 0 Å². The van der Waals surface area contributed by atoms with Gasteiger partial charge in [-0.05, 0) is 35.8 Å². The highest BCUT2D eigenvalue weighted by molar-refractivity contribution is 9.11. The summed E-state index contributed by atoms with van der Waals surface area (Å²) in [5, 5.41) is 0. The fourth-order valence-electron chi connectivity index (χ4n) is 2.54. The predicted octanol–water partition coefficient (Wildman–Crippen LogP) is 2.60. The van der Waals surface area contributed by atoms with Crippen molar-refractivity contribution in [1.82, 2.24) is 9.88 Å². The number of thiazole rings is 1. The first-order valence-corrected chi connectivity index (χ1v) is 6.23. The second-order valence-corrected chi connectivity index (χ2v) is 6.20. The van der Waals surface area contributed by atoms with Gasteiger partial charge in [0, 0.05) is 23.4 Å². The van der Waals surface area contributed by atoms with Crippen molar-refractivity contribution in [3.63, 3.8) is 0 Å². The quantitative estimate of drug-likeness (QED) is 0.712. The van der Waals surface area contributed by atoms with Crippen LogP contribution in [-0.2, 0) is 6.42 Å². The second kappa shape index (κ2) is 2.78. The van der Waals surface area contributed by atoms with Crippen molar-refractivity contribution in [2.24, 2.45) is 0 Å². The molecule has 0 saturated carbocycles.